The molecule has 0 aliphatic carbocycles. The average molecular weight is 292 g/mol. The van der Waals surface area contributed by atoms with Gasteiger partial charge in [0.2, 0.25) is 0 Å². The molecule has 0 spiro atoms. The van der Waals surface area contributed by atoms with Crippen LogP contribution in [0.4, 0.5) is 21.5 Å². The number of nitrogens with two attached hydrogens (primary N) is 1. The molecular formula is C19H17FN2. The molecule has 3 heteroatoms. The van der Waals surface area contributed by atoms with Gasteiger partial charge in [-0.1, -0.05) is 48.5 Å². The van der Waals surface area contributed by atoms with Gasteiger partial charge in [0.1, 0.15) is 5.82 Å². The van der Waals surface area contributed by atoms with Gasteiger partial charge in [0.15, 0.2) is 0 Å². The summed E-state index contributed by atoms with van der Waals surface area (Å²) in [6.07, 6.45) is 0. The van der Waals surface area contributed by atoms with Gasteiger partial charge in [0.25, 0.3) is 0 Å². The molecule has 0 radical (unpaired) electrons. The molecule has 0 fully saturated rings. The summed E-state index contributed by atoms with van der Waals surface area (Å²) in [5.74, 6) is -0.397. The molecule has 0 atom stereocenters. The summed E-state index contributed by atoms with van der Waals surface area (Å²) in [4.78, 5) is 2.07. The van der Waals surface area contributed by atoms with E-state index in [0.29, 0.717) is 6.54 Å². The first-order valence-corrected chi connectivity index (χ1v) is 7.15. The van der Waals surface area contributed by atoms with Crippen LogP contribution in [0.2, 0.25) is 0 Å². The minimum Gasteiger partial charge on any atom is -0.396 e. The first-order chi connectivity index (χ1) is 10.7. The number of anilines is 3. The smallest absolute Gasteiger partial charge is 0.148 e. The summed E-state index contributed by atoms with van der Waals surface area (Å²) < 4.78 is 13.8. The predicted octanol–water partition coefficient (Wildman–Crippen LogP) is 4.75. The van der Waals surface area contributed by atoms with E-state index in [1.807, 2.05) is 54.6 Å². The van der Waals surface area contributed by atoms with Crippen molar-refractivity contribution >= 4 is 17.1 Å². The first kappa shape index (κ1) is 14.1. The van der Waals surface area contributed by atoms with E-state index in [1.54, 1.807) is 6.07 Å². The van der Waals surface area contributed by atoms with E-state index >= 15 is 0 Å². The second kappa shape index (κ2) is 6.31. The van der Waals surface area contributed by atoms with Crippen molar-refractivity contribution in [2.75, 3.05) is 10.6 Å². The Balaban J connectivity index is 2.01. The minimum absolute atomic E-state index is 0.163. The first-order valence-electron chi connectivity index (χ1n) is 7.15. The molecule has 3 aromatic carbocycles. The zero-order valence-corrected chi connectivity index (χ0v) is 12.1. The summed E-state index contributed by atoms with van der Waals surface area (Å²) in [6.45, 7) is 0.661. The molecule has 0 unspecified atom stereocenters. The van der Waals surface area contributed by atoms with E-state index < -0.39 is 5.82 Å². The van der Waals surface area contributed by atoms with E-state index in [0.717, 1.165) is 16.9 Å². The van der Waals surface area contributed by atoms with Crippen molar-refractivity contribution in [2.24, 2.45) is 0 Å². The van der Waals surface area contributed by atoms with E-state index in [4.69, 9.17) is 5.73 Å². The Kier molecular flexibility index (Phi) is 4.05. The Morgan fingerprint density at radius 1 is 0.773 bits per heavy atom. The average Bonchev–Trinajstić information content (AvgIpc) is 2.57. The minimum atomic E-state index is -0.397. The van der Waals surface area contributed by atoms with Crippen molar-refractivity contribution in [3.8, 4) is 0 Å². The molecule has 22 heavy (non-hydrogen) atoms. The molecule has 0 amide bonds. The third-order valence-corrected chi connectivity index (χ3v) is 3.55. The Morgan fingerprint density at radius 2 is 1.41 bits per heavy atom. The second-order valence-electron chi connectivity index (χ2n) is 5.11. The van der Waals surface area contributed by atoms with Gasteiger partial charge < -0.3 is 10.6 Å². The number of nitrogen functional groups attached to an aromatic ring is 1. The van der Waals surface area contributed by atoms with Crippen LogP contribution in [-0.4, -0.2) is 0 Å². The molecular weight excluding hydrogens is 275 g/mol. The lowest BCUT2D eigenvalue weighted by Crippen LogP contribution is -2.16. The van der Waals surface area contributed by atoms with Crippen LogP contribution in [0.3, 0.4) is 0 Å². The number of benzene rings is 3. The molecule has 0 heterocycles. The highest BCUT2D eigenvalue weighted by molar-refractivity contribution is 5.65. The standard InChI is InChI=1S/C19H17FN2/c20-18-13-17(11-12-19(18)21)22(16-9-5-2-6-10-16)14-15-7-3-1-4-8-15/h1-13H,14,21H2. The Hall–Kier alpha value is -2.81. The van der Waals surface area contributed by atoms with Gasteiger partial charge in [0.05, 0.1) is 5.69 Å². The lowest BCUT2D eigenvalue weighted by Gasteiger charge is -2.25. The van der Waals surface area contributed by atoms with Crippen LogP contribution in [0, 0.1) is 5.82 Å². The molecule has 3 aromatic rings. The van der Waals surface area contributed by atoms with Gasteiger partial charge in [-0.15, -0.1) is 0 Å². The zero-order chi connectivity index (χ0) is 15.4. The van der Waals surface area contributed by atoms with E-state index in [1.165, 1.54) is 6.07 Å². The molecule has 2 N–H and O–H groups in total. The quantitative estimate of drug-likeness (QED) is 0.703. The van der Waals surface area contributed by atoms with Crippen LogP contribution in [-0.2, 0) is 6.54 Å². The highest BCUT2D eigenvalue weighted by Crippen LogP contribution is 2.29. The number of rotatable bonds is 4. The number of halogens is 1. The largest absolute Gasteiger partial charge is 0.396 e. The number of hydrogen-bond acceptors (Lipinski definition) is 2. The third kappa shape index (κ3) is 3.09. The fourth-order valence-electron chi connectivity index (χ4n) is 2.39. The van der Waals surface area contributed by atoms with E-state index in [9.17, 15) is 4.39 Å². The molecule has 3 rings (SSSR count). The highest BCUT2D eigenvalue weighted by Gasteiger charge is 2.11. The van der Waals surface area contributed by atoms with Gasteiger partial charge in [-0.3, -0.25) is 0 Å². The van der Waals surface area contributed by atoms with Crippen LogP contribution in [0.15, 0.2) is 78.9 Å². The van der Waals surface area contributed by atoms with Crippen LogP contribution >= 0.6 is 0 Å². The molecule has 0 aromatic heterocycles. The Labute approximate surface area is 129 Å². The van der Waals surface area contributed by atoms with Crippen molar-refractivity contribution in [1.29, 1.82) is 0 Å². The lowest BCUT2D eigenvalue weighted by molar-refractivity contribution is 0.632. The topological polar surface area (TPSA) is 29.3 Å². The Bertz CT molecular complexity index is 742. The Morgan fingerprint density at radius 3 is 2.05 bits per heavy atom. The number of hydrogen-bond donors (Lipinski definition) is 1. The van der Waals surface area contributed by atoms with Crippen molar-refractivity contribution in [3.05, 3.63) is 90.2 Å². The molecule has 0 saturated carbocycles. The summed E-state index contributed by atoms with van der Waals surface area (Å²) in [5.41, 5.74) is 8.70. The summed E-state index contributed by atoms with van der Waals surface area (Å²) in [7, 11) is 0. The summed E-state index contributed by atoms with van der Waals surface area (Å²) in [5, 5.41) is 0. The van der Waals surface area contributed by atoms with Gasteiger partial charge in [0, 0.05) is 17.9 Å². The molecule has 0 aliphatic heterocycles. The van der Waals surface area contributed by atoms with Gasteiger partial charge in [-0.25, -0.2) is 4.39 Å². The van der Waals surface area contributed by atoms with Gasteiger partial charge in [-0.2, -0.15) is 0 Å². The normalized spacial score (nSPS) is 10.4. The van der Waals surface area contributed by atoms with Crippen molar-refractivity contribution in [2.45, 2.75) is 6.54 Å². The van der Waals surface area contributed by atoms with Crippen LogP contribution in [0.1, 0.15) is 5.56 Å². The second-order valence-corrected chi connectivity index (χ2v) is 5.11. The summed E-state index contributed by atoms with van der Waals surface area (Å²) >= 11 is 0. The molecule has 110 valence electrons. The van der Waals surface area contributed by atoms with Crippen LogP contribution in [0.25, 0.3) is 0 Å². The maximum Gasteiger partial charge on any atom is 0.148 e. The molecule has 0 saturated heterocycles. The summed E-state index contributed by atoms with van der Waals surface area (Å²) in [6, 6.07) is 25.0. The van der Waals surface area contributed by atoms with E-state index in [2.05, 4.69) is 17.0 Å². The zero-order valence-electron chi connectivity index (χ0n) is 12.1. The SMILES string of the molecule is Nc1ccc(N(Cc2ccccc2)c2ccccc2)cc1F. The molecule has 2 nitrogen and oxygen atoms in total. The molecule has 0 bridgehead atoms. The lowest BCUT2D eigenvalue weighted by atomic mass is 10.1. The maximum absolute atomic E-state index is 13.8. The maximum atomic E-state index is 13.8. The molecule has 0 aliphatic rings. The fourth-order valence-corrected chi connectivity index (χ4v) is 2.39. The van der Waals surface area contributed by atoms with Gasteiger partial charge >= 0.3 is 0 Å². The highest BCUT2D eigenvalue weighted by atomic mass is 19.1. The third-order valence-electron chi connectivity index (χ3n) is 3.55. The number of para-hydroxylation sites is 1. The monoisotopic (exact) mass is 292 g/mol. The van der Waals surface area contributed by atoms with Crippen molar-refractivity contribution < 1.29 is 4.39 Å². The predicted molar refractivity (Wildman–Crippen MR) is 89.5 cm³/mol. The van der Waals surface area contributed by atoms with Crippen molar-refractivity contribution in [1.82, 2.24) is 0 Å². The van der Waals surface area contributed by atoms with Crippen LogP contribution in [0.5, 0.6) is 0 Å². The fraction of sp³-hybridized carbons (Fsp3) is 0.0526. The van der Waals surface area contributed by atoms with Gasteiger partial charge in [-0.05, 0) is 35.9 Å². The number of nitrogens with zero attached hydrogens (tertiary/aromatic N) is 1. The van der Waals surface area contributed by atoms with Crippen molar-refractivity contribution in [3.63, 3.8) is 0 Å². The van der Waals surface area contributed by atoms with Crippen LogP contribution < -0.4 is 10.6 Å². The van der Waals surface area contributed by atoms with E-state index in [-0.39, 0.29) is 5.69 Å².